The minimum Gasteiger partial charge on any atom is -0.493 e. The number of pyridine rings is 1. The van der Waals surface area contributed by atoms with Crippen molar-refractivity contribution in [3.8, 4) is 11.5 Å². The zero-order valence-electron chi connectivity index (χ0n) is 15.6. The first kappa shape index (κ1) is 18.5. The van der Waals surface area contributed by atoms with Gasteiger partial charge >= 0.3 is 0 Å². The number of ether oxygens (including phenoxy) is 2. The van der Waals surface area contributed by atoms with Crippen LogP contribution in [0, 0.1) is 0 Å². The highest BCUT2D eigenvalue weighted by atomic mass is 16.5. The fraction of sp³-hybridized carbons (Fsp3) is 0.238. The van der Waals surface area contributed by atoms with E-state index in [1.54, 1.807) is 26.4 Å². The van der Waals surface area contributed by atoms with E-state index >= 15 is 0 Å². The highest BCUT2D eigenvalue weighted by Crippen LogP contribution is 2.33. The van der Waals surface area contributed by atoms with Crippen LogP contribution in [0.5, 0.6) is 11.5 Å². The van der Waals surface area contributed by atoms with E-state index in [1.807, 2.05) is 41.1 Å². The van der Waals surface area contributed by atoms with Gasteiger partial charge in [-0.05, 0) is 30.7 Å². The van der Waals surface area contributed by atoms with Crippen LogP contribution in [-0.2, 0) is 12.8 Å². The molecule has 0 atom stereocenters. The Morgan fingerprint density at radius 3 is 2.85 bits per heavy atom. The van der Waals surface area contributed by atoms with E-state index < -0.39 is 0 Å². The number of rotatable bonds is 8. The van der Waals surface area contributed by atoms with Crippen molar-refractivity contribution in [1.29, 1.82) is 0 Å². The third-order valence-corrected chi connectivity index (χ3v) is 4.26. The van der Waals surface area contributed by atoms with Crippen LogP contribution in [0.4, 0.5) is 0 Å². The van der Waals surface area contributed by atoms with E-state index in [2.05, 4.69) is 16.9 Å². The molecule has 0 spiro atoms. The lowest BCUT2D eigenvalue weighted by Crippen LogP contribution is -2.26. The maximum Gasteiger partial charge on any atom is 0.251 e. The molecule has 0 bridgehead atoms. The molecule has 0 aliphatic rings. The molecular weight excluding hydrogens is 342 g/mol. The SMILES string of the molecule is C=CCc1cc(C(=O)NCCc2cn3ccccc3n2)cc(OC)c1OC. The van der Waals surface area contributed by atoms with Crippen molar-refractivity contribution in [1.82, 2.24) is 14.7 Å². The van der Waals surface area contributed by atoms with Gasteiger partial charge in [0.15, 0.2) is 11.5 Å². The zero-order chi connectivity index (χ0) is 19.2. The lowest BCUT2D eigenvalue weighted by molar-refractivity contribution is 0.0953. The average Bonchev–Trinajstić information content (AvgIpc) is 3.10. The van der Waals surface area contributed by atoms with Gasteiger partial charge in [0.1, 0.15) is 5.65 Å². The Labute approximate surface area is 158 Å². The predicted octanol–water partition coefficient (Wildman–Crippen LogP) is 3.05. The monoisotopic (exact) mass is 365 g/mol. The number of hydrogen-bond donors (Lipinski definition) is 1. The molecule has 0 saturated carbocycles. The number of carbonyl (C=O) groups excluding carboxylic acids is 1. The molecule has 0 fully saturated rings. The number of nitrogens with one attached hydrogen (secondary N) is 1. The Bertz CT molecular complexity index is 929. The topological polar surface area (TPSA) is 64.9 Å². The van der Waals surface area contributed by atoms with E-state index in [4.69, 9.17) is 9.47 Å². The Balaban J connectivity index is 1.69. The summed E-state index contributed by atoms with van der Waals surface area (Å²) in [6, 6.07) is 9.35. The van der Waals surface area contributed by atoms with Crippen molar-refractivity contribution in [2.45, 2.75) is 12.8 Å². The second kappa shape index (κ2) is 8.40. The Morgan fingerprint density at radius 1 is 1.30 bits per heavy atom. The molecule has 0 aliphatic carbocycles. The minimum absolute atomic E-state index is 0.162. The average molecular weight is 365 g/mol. The number of hydrogen-bond acceptors (Lipinski definition) is 4. The van der Waals surface area contributed by atoms with Crippen LogP contribution < -0.4 is 14.8 Å². The Morgan fingerprint density at radius 2 is 2.15 bits per heavy atom. The quantitative estimate of drug-likeness (QED) is 0.623. The van der Waals surface area contributed by atoms with Gasteiger partial charge < -0.3 is 19.2 Å². The molecule has 6 nitrogen and oxygen atoms in total. The van der Waals surface area contributed by atoms with Crippen molar-refractivity contribution >= 4 is 11.6 Å². The van der Waals surface area contributed by atoms with Crippen LogP contribution >= 0.6 is 0 Å². The molecule has 1 amide bonds. The van der Waals surface area contributed by atoms with Crippen LogP contribution in [0.3, 0.4) is 0 Å². The minimum atomic E-state index is -0.162. The smallest absolute Gasteiger partial charge is 0.251 e. The molecule has 1 aromatic carbocycles. The number of fused-ring (bicyclic) bond motifs is 1. The maximum absolute atomic E-state index is 12.6. The summed E-state index contributed by atoms with van der Waals surface area (Å²) in [5.41, 5.74) is 3.21. The number of allylic oxidation sites excluding steroid dienone is 1. The van der Waals surface area contributed by atoms with E-state index in [0.29, 0.717) is 36.4 Å². The number of benzene rings is 1. The number of imidazole rings is 1. The van der Waals surface area contributed by atoms with Crippen LogP contribution in [0.1, 0.15) is 21.6 Å². The van der Waals surface area contributed by atoms with Crippen molar-refractivity contribution in [3.05, 3.63) is 72.2 Å². The van der Waals surface area contributed by atoms with Crippen LogP contribution in [0.15, 0.2) is 55.4 Å². The molecule has 2 aromatic heterocycles. The summed E-state index contributed by atoms with van der Waals surface area (Å²) in [7, 11) is 3.14. The molecule has 0 saturated heterocycles. The maximum atomic E-state index is 12.6. The van der Waals surface area contributed by atoms with Gasteiger partial charge in [0.2, 0.25) is 0 Å². The number of aromatic nitrogens is 2. The third kappa shape index (κ3) is 4.11. The summed E-state index contributed by atoms with van der Waals surface area (Å²) in [5, 5.41) is 2.94. The largest absolute Gasteiger partial charge is 0.493 e. The van der Waals surface area contributed by atoms with Gasteiger partial charge in [0.05, 0.1) is 19.9 Å². The molecule has 0 radical (unpaired) electrons. The molecule has 1 N–H and O–H groups in total. The molecule has 6 heteroatoms. The summed E-state index contributed by atoms with van der Waals surface area (Å²) in [5.74, 6) is 0.992. The van der Waals surface area contributed by atoms with E-state index in [9.17, 15) is 4.79 Å². The summed E-state index contributed by atoms with van der Waals surface area (Å²) >= 11 is 0. The first-order chi connectivity index (χ1) is 13.2. The van der Waals surface area contributed by atoms with Crippen molar-refractivity contribution in [3.63, 3.8) is 0 Å². The summed E-state index contributed by atoms with van der Waals surface area (Å²) < 4.78 is 12.7. The molecule has 3 rings (SSSR count). The van der Waals surface area contributed by atoms with Crippen molar-refractivity contribution < 1.29 is 14.3 Å². The molecule has 27 heavy (non-hydrogen) atoms. The van der Waals surface area contributed by atoms with Crippen molar-refractivity contribution in [2.75, 3.05) is 20.8 Å². The third-order valence-electron chi connectivity index (χ3n) is 4.26. The van der Waals surface area contributed by atoms with E-state index in [0.717, 1.165) is 16.9 Å². The van der Waals surface area contributed by atoms with Gasteiger partial charge in [0, 0.05) is 36.5 Å². The lowest BCUT2D eigenvalue weighted by Gasteiger charge is -2.14. The highest BCUT2D eigenvalue weighted by molar-refractivity contribution is 5.95. The Kier molecular flexibility index (Phi) is 5.76. The molecule has 140 valence electrons. The normalized spacial score (nSPS) is 10.6. The molecule has 3 aromatic rings. The summed E-state index contributed by atoms with van der Waals surface area (Å²) in [6.45, 7) is 4.25. The van der Waals surface area contributed by atoms with Gasteiger partial charge in [-0.1, -0.05) is 12.1 Å². The first-order valence-corrected chi connectivity index (χ1v) is 8.73. The number of amides is 1. The summed E-state index contributed by atoms with van der Waals surface area (Å²) in [4.78, 5) is 17.1. The fourth-order valence-corrected chi connectivity index (χ4v) is 3.00. The standard InChI is InChI=1S/C21H23N3O3/c1-4-7-15-12-16(13-18(26-2)20(15)27-3)21(25)22-10-9-17-14-24-11-6-5-8-19(24)23-17/h4-6,8,11-14H,1,7,9-10H2,2-3H3,(H,22,25). The van der Waals surface area contributed by atoms with Crippen LogP contribution in [0.25, 0.3) is 5.65 Å². The van der Waals surface area contributed by atoms with Crippen LogP contribution in [0.2, 0.25) is 0 Å². The second-order valence-electron chi connectivity index (χ2n) is 6.07. The highest BCUT2D eigenvalue weighted by Gasteiger charge is 2.15. The van der Waals surface area contributed by atoms with Gasteiger partial charge in [-0.15, -0.1) is 6.58 Å². The fourth-order valence-electron chi connectivity index (χ4n) is 3.00. The Hall–Kier alpha value is -3.28. The molecule has 0 aliphatic heterocycles. The van der Waals surface area contributed by atoms with E-state index in [-0.39, 0.29) is 5.91 Å². The first-order valence-electron chi connectivity index (χ1n) is 8.73. The predicted molar refractivity (Wildman–Crippen MR) is 105 cm³/mol. The van der Waals surface area contributed by atoms with E-state index in [1.165, 1.54) is 0 Å². The molecular formula is C21H23N3O3. The van der Waals surface area contributed by atoms with Crippen molar-refractivity contribution in [2.24, 2.45) is 0 Å². The van der Waals surface area contributed by atoms with Gasteiger partial charge in [-0.3, -0.25) is 4.79 Å². The van der Waals surface area contributed by atoms with Gasteiger partial charge in [0.25, 0.3) is 5.91 Å². The van der Waals surface area contributed by atoms with Crippen LogP contribution in [-0.4, -0.2) is 36.1 Å². The zero-order valence-corrected chi connectivity index (χ0v) is 15.6. The van der Waals surface area contributed by atoms with Gasteiger partial charge in [-0.2, -0.15) is 0 Å². The lowest BCUT2D eigenvalue weighted by atomic mass is 10.0. The number of methoxy groups -OCH3 is 2. The second-order valence-corrected chi connectivity index (χ2v) is 6.07. The number of carbonyl (C=O) groups is 1. The summed E-state index contributed by atoms with van der Waals surface area (Å²) in [6.07, 6.45) is 6.93. The molecule has 2 heterocycles. The number of nitrogens with zero attached hydrogens (tertiary/aromatic N) is 2. The van der Waals surface area contributed by atoms with Gasteiger partial charge in [-0.25, -0.2) is 4.98 Å². The molecule has 0 unspecified atom stereocenters.